The van der Waals surface area contributed by atoms with E-state index in [1.165, 1.54) is 26.3 Å². The van der Waals surface area contributed by atoms with Crippen molar-refractivity contribution < 1.29 is 150 Å². The van der Waals surface area contributed by atoms with Gasteiger partial charge in [0.15, 0.2) is 18.9 Å². The summed E-state index contributed by atoms with van der Waals surface area (Å²) >= 11 is 0. The number of rotatable bonds is 67. The fourth-order valence-corrected chi connectivity index (χ4v) is 16.8. The number of nitrogens with one attached hydrogen (secondary N) is 8. The van der Waals surface area contributed by atoms with Crippen molar-refractivity contribution in [2.45, 2.75) is 318 Å². The summed E-state index contributed by atoms with van der Waals surface area (Å²) in [5, 5.41) is 120. The average molecular weight is 1880 g/mol. The second-order valence-corrected chi connectivity index (χ2v) is 35.3. The van der Waals surface area contributed by atoms with Gasteiger partial charge in [-0.3, -0.25) is 38.4 Å². The number of ether oxygens (including phenoxy) is 11. The van der Waals surface area contributed by atoms with Crippen LogP contribution in [0.25, 0.3) is 0 Å². The van der Waals surface area contributed by atoms with Gasteiger partial charge >= 0.3 is 8.25 Å². The summed E-state index contributed by atoms with van der Waals surface area (Å²) < 4.78 is 86.1. The Hall–Kier alpha value is -6.28. The zero-order valence-electron chi connectivity index (χ0n) is 76.8. The van der Waals surface area contributed by atoms with Gasteiger partial charge in [-0.15, -0.1) is 0 Å². The van der Waals surface area contributed by atoms with Crippen molar-refractivity contribution in [3.05, 3.63) is 11.3 Å². The van der Waals surface area contributed by atoms with E-state index in [4.69, 9.17) is 74.2 Å². The lowest BCUT2D eigenvalue weighted by atomic mass is 9.77. The van der Waals surface area contributed by atoms with Crippen LogP contribution in [0.3, 0.4) is 0 Å². The summed E-state index contributed by atoms with van der Waals surface area (Å²) in [6.45, 7) is 6.69. The molecule has 0 bridgehead atoms. The highest BCUT2D eigenvalue weighted by Gasteiger charge is 2.49. The molecule has 18 unspecified atom stereocenters. The number of hydrogen-bond acceptors (Lipinski definition) is 33. The van der Waals surface area contributed by atoms with Crippen LogP contribution in [-0.4, -0.2) is 346 Å². The smallest absolute Gasteiger partial charge is 0.376 e. The summed E-state index contributed by atoms with van der Waals surface area (Å²) in [5.74, 6) is -2.92. The summed E-state index contributed by atoms with van der Waals surface area (Å²) in [4.78, 5) is 105. The molecule has 0 aromatic heterocycles. The number of allylic oxidation sites excluding steroid dienone is 2. The standard InChI is InChI=1S/C88H155N10O31P/c1-6-125-130(116)126-46-24-26-63-25-23-27-66(65(30-29-63)59(2)89)67(90)28-15-7-11-19-42-117-51-52-118-50-36-74(108)98-40-31-64(32-41-98)84(115)97-88(56-119-47-33-71(105)91-37-16-8-12-20-43-122-85-75(94-60(3)102)81(112)78(109)68(53-99)127-85,57-120-48-34-72(106)92-38-17-9-13-21-44-123-86-76(95-61(4)103)82(113)79(110)69(54-100)128-86)58-121-49-35-73(107)93-39-18-10-14-22-45-124-87-77(96-62(5)104)83(114)80(111)70(55-101)129-87/h1,63-64,66,68-70,75-83,85-87,90,99-101,109-114,130H,7-58,89H2,2-5H3,(H,91,105)(H,92,106)(H,93,107)(H,94,102)(H,95,103)(H,96,104)(H,97,115)/b65-59-,90-67?. The topological polar surface area (TPSA) is 593 Å². The molecule has 0 spiro atoms. The van der Waals surface area contributed by atoms with Crippen LogP contribution in [0, 0.1) is 35.7 Å². The minimum Gasteiger partial charge on any atom is -0.402 e. The minimum absolute atomic E-state index is 0.0586. The van der Waals surface area contributed by atoms with E-state index in [0.717, 1.165) is 82.0 Å². The Morgan fingerprint density at radius 1 is 0.485 bits per heavy atom. The molecule has 130 heavy (non-hydrogen) atoms. The number of carbonyl (C=O) groups is 8. The van der Waals surface area contributed by atoms with E-state index in [-0.39, 0.29) is 140 Å². The zero-order valence-corrected chi connectivity index (χ0v) is 77.8. The number of hydrogen-bond donors (Lipinski definition) is 18. The number of terminal acetylenes is 1. The lowest BCUT2D eigenvalue weighted by Crippen LogP contribution is -2.64. The van der Waals surface area contributed by atoms with Gasteiger partial charge in [0.25, 0.3) is 0 Å². The van der Waals surface area contributed by atoms with E-state index in [2.05, 4.69) is 41.7 Å². The van der Waals surface area contributed by atoms with Crippen LogP contribution < -0.4 is 43.0 Å². The van der Waals surface area contributed by atoms with Crippen molar-refractivity contribution >= 4 is 61.2 Å². The van der Waals surface area contributed by atoms with E-state index in [1.54, 1.807) is 4.90 Å². The Morgan fingerprint density at radius 3 is 1.29 bits per heavy atom. The van der Waals surface area contributed by atoms with Crippen molar-refractivity contribution in [3.8, 4) is 12.5 Å². The SMILES string of the molecule is C#CO[PH](=O)OCCCC1CCCC(C(=N)CCCCCCOCCOCCC(=O)N2CCC(C(=O)NC(COCCC(=O)NCCCCCCOC3OC(CO)C(O)C(O)C3NC(C)=O)(COCCC(=O)NCCCCCCOC3OC(CO)C(O)C(O)C3NC(C)=O)COCCC(=O)NCCCCCCOC3OC(CO)C(O)C(O)C3NC(C)=O)CC2)/C(=C(/C)N)CC1. The van der Waals surface area contributed by atoms with E-state index in [1.807, 2.05) is 13.0 Å². The molecule has 41 nitrogen and oxygen atoms in total. The molecule has 4 saturated heterocycles. The molecule has 0 aromatic carbocycles. The Morgan fingerprint density at radius 2 is 0.885 bits per heavy atom. The van der Waals surface area contributed by atoms with Crippen molar-refractivity contribution in [1.82, 2.24) is 42.1 Å². The van der Waals surface area contributed by atoms with Gasteiger partial charge in [-0.05, 0) is 121 Å². The maximum absolute atomic E-state index is 14.7. The maximum atomic E-state index is 14.7. The number of nitrogens with zero attached hydrogens (tertiary/aromatic N) is 1. The van der Waals surface area contributed by atoms with E-state index in [0.29, 0.717) is 148 Å². The maximum Gasteiger partial charge on any atom is 0.376 e. The van der Waals surface area contributed by atoms with Crippen LogP contribution in [-0.2, 0) is 104 Å². The molecular formula is C88H155N10O31P. The second-order valence-electron chi connectivity index (χ2n) is 34.3. The Labute approximate surface area is 765 Å². The first-order chi connectivity index (χ1) is 62.5. The van der Waals surface area contributed by atoms with Crippen molar-refractivity contribution in [1.29, 1.82) is 5.41 Å². The highest BCUT2D eigenvalue weighted by atomic mass is 31.1. The number of amides is 8. The van der Waals surface area contributed by atoms with Gasteiger partial charge in [0.1, 0.15) is 84.7 Å². The molecule has 5 rings (SSSR count). The predicted octanol–water partition coefficient (Wildman–Crippen LogP) is 0.827. The van der Waals surface area contributed by atoms with Crippen LogP contribution in [0.2, 0.25) is 0 Å². The first-order valence-electron chi connectivity index (χ1n) is 46.7. The third kappa shape index (κ3) is 44.5. The fraction of sp³-hybridized carbons (Fsp3) is 0.852. The monoisotopic (exact) mass is 1880 g/mol. The average Bonchev–Trinajstić information content (AvgIpc) is 0.813. The van der Waals surface area contributed by atoms with Crippen LogP contribution in [0.1, 0.15) is 220 Å². The predicted molar refractivity (Wildman–Crippen MR) is 473 cm³/mol. The normalized spacial score (nSPS) is 26.1. The van der Waals surface area contributed by atoms with Gasteiger partial charge in [-0.1, -0.05) is 70.6 Å². The van der Waals surface area contributed by atoms with E-state index < -0.39 is 149 Å². The summed E-state index contributed by atoms with van der Waals surface area (Å²) in [7, 11) is -2.66. The van der Waals surface area contributed by atoms with Crippen LogP contribution >= 0.6 is 8.25 Å². The van der Waals surface area contributed by atoms with Crippen LogP contribution in [0.5, 0.6) is 0 Å². The minimum atomic E-state index is -2.66. The number of aliphatic hydroxyl groups is 9. The first kappa shape index (κ1) is 114. The quantitative estimate of drug-likeness (QED) is 0.0173. The highest BCUT2D eigenvalue weighted by molar-refractivity contribution is 7.33. The first-order valence-corrected chi connectivity index (χ1v) is 47.9. The van der Waals surface area contributed by atoms with Gasteiger partial charge in [-0.25, -0.2) is 4.57 Å². The molecule has 0 aromatic rings. The van der Waals surface area contributed by atoms with Crippen LogP contribution in [0.15, 0.2) is 11.3 Å². The number of unbranched alkanes of at least 4 members (excludes halogenated alkanes) is 12. The lowest BCUT2D eigenvalue weighted by molar-refractivity contribution is -0.270. The number of likely N-dealkylation sites (tertiary alicyclic amines) is 1. The van der Waals surface area contributed by atoms with E-state index in [9.17, 15) is 88.9 Å². The second kappa shape index (κ2) is 66.2. The molecule has 4 heterocycles. The fourth-order valence-electron chi connectivity index (χ4n) is 16.3. The largest absolute Gasteiger partial charge is 0.402 e. The number of nitrogens with two attached hydrogens (primary N) is 1. The molecule has 748 valence electrons. The Kier molecular flexibility index (Phi) is 58.2. The highest BCUT2D eigenvalue weighted by Crippen LogP contribution is 2.36. The Balaban J connectivity index is 1.12. The van der Waals surface area contributed by atoms with Crippen molar-refractivity contribution in [2.24, 2.45) is 23.5 Å². The number of carbonyl (C=O) groups excluding carboxylic acids is 8. The third-order valence-corrected chi connectivity index (χ3v) is 24.4. The lowest BCUT2D eigenvalue weighted by Gasteiger charge is -2.42. The number of piperidine rings is 1. The van der Waals surface area contributed by atoms with Gasteiger partial charge in [0.2, 0.25) is 47.3 Å². The molecule has 42 heteroatoms. The van der Waals surface area contributed by atoms with E-state index >= 15 is 0 Å². The molecule has 19 N–H and O–H groups in total. The molecule has 1 aliphatic carbocycles. The molecule has 5 fully saturated rings. The molecule has 8 amide bonds. The molecule has 0 radical (unpaired) electrons. The Bertz CT molecular complexity index is 3160. The van der Waals surface area contributed by atoms with Crippen molar-refractivity contribution in [3.63, 3.8) is 0 Å². The van der Waals surface area contributed by atoms with Crippen molar-refractivity contribution in [2.75, 3.05) is 145 Å². The summed E-state index contributed by atoms with van der Waals surface area (Å²) in [6.07, 6.45) is 10.5. The molecule has 5 aliphatic rings. The molecule has 4 aliphatic heterocycles. The zero-order chi connectivity index (χ0) is 95.0. The third-order valence-electron chi connectivity index (χ3n) is 23.7. The van der Waals surface area contributed by atoms with Gasteiger partial charge in [-0.2, -0.15) is 0 Å². The molecule has 18 atom stereocenters. The molecule has 1 saturated carbocycles. The van der Waals surface area contributed by atoms with Crippen LogP contribution in [0.4, 0.5) is 0 Å². The van der Waals surface area contributed by atoms with Gasteiger partial charge in [0, 0.05) is 122 Å². The van der Waals surface area contributed by atoms with Gasteiger partial charge < -0.3 is 160 Å². The summed E-state index contributed by atoms with van der Waals surface area (Å²) in [5.41, 5.74) is 7.67. The number of aliphatic hydroxyl groups excluding tert-OH is 9. The molecular weight excluding hydrogens is 1720 g/mol. The summed E-state index contributed by atoms with van der Waals surface area (Å²) in [6, 6.07) is -3.20. The van der Waals surface area contributed by atoms with Gasteiger partial charge in [0.05, 0.1) is 92.3 Å².